The molecule has 0 atom stereocenters. The van der Waals surface area contributed by atoms with Crippen molar-refractivity contribution in [2.75, 3.05) is 5.32 Å². The highest BCUT2D eigenvalue weighted by Crippen LogP contribution is 2.20. The van der Waals surface area contributed by atoms with E-state index in [0.717, 1.165) is 11.4 Å². The molecule has 0 unspecified atom stereocenters. The van der Waals surface area contributed by atoms with Crippen molar-refractivity contribution in [3.63, 3.8) is 0 Å². The number of rotatable bonds is 3. The standard InChI is InChI=1S/C11H9BrFN3/c12-10-5-8(1-2-11(10)13)15-6-9-3-4-14-7-16-9/h1-5,7,15H,6H2. The van der Waals surface area contributed by atoms with Crippen LogP contribution < -0.4 is 5.32 Å². The molecule has 3 nitrogen and oxygen atoms in total. The highest BCUT2D eigenvalue weighted by molar-refractivity contribution is 9.10. The summed E-state index contributed by atoms with van der Waals surface area (Å²) in [6, 6.07) is 6.61. The van der Waals surface area contributed by atoms with Crippen molar-refractivity contribution < 1.29 is 4.39 Å². The lowest BCUT2D eigenvalue weighted by Crippen LogP contribution is -2.01. The maximum atomic E-state index is 13.0. The molecule has 0 saturated heterocycles. The first-order valence-corrected chi connectivity index (χ1v) is 5.49. The van der Waals surface area contributed by atoms with E-state index in [4.69, 9.17) is 0 Å². The topological polar surface area (TPSA) is 37.8 Å². The second-order valence-corrected chi connectivity index (χ2v) is 4.04. The van der Waals surface area contributed by atoms with Crippen molar-refractivity contribution in [3.8, 4) is 0 Å². The average molecular weight is 282 g/mol. The Kier molecular flexibility index (Phi) is 3.46. The number of nitrogens with zero attached hydrogens (tertiary/aromatic N) is 2. The maximum Gasteiger partial charge on any atom is 0.137 e. The van der Waals surface area contributed by atoms with Crippen molar-refractivity contribution in [1.82, 2.24) is 9.97 Å². The van der Waals surface area contributed by atoms with Crippen molar-refractivity contribution >= 4 is 21.6 Å². The lowest BCUT2D eigenvalue weighted by Gasteiger charge is -2.06. The molecule has 0 bridgehead atoms. The zero-order valence-electron chi connectivity index (χ0n) is 8.32. The summed E-state index contributed by atoms with van der Waals surface area (Å²) in [7, 11) is 0. The Morgan fingerprint density at radius 1 is 1.31 bits per heavy atom. The number of halogens is 2. The summed E-state index contributed by atoms with van der Waals surface area (Å²) in [5, 5.41) is 3.14. The minimum absolute atomic E-state index is 0.271. The van der Waals surface area contributed by atoms with Crippen LogP contribution in [0.1, 0.15) is 5.69 Å². The van der Waals surface area contributed by atoms with Gasteiger partial charge in [-0.3, -0.25) is 0 Å². The molecule has 1 aromatic carbocycles. The fourth-order valence-corrected chi connectivity index (χ4v) is 1.60. The summed E-state index contributed by atoms with van der Waals surface area (Å²) in [6.07, 6.45) is 3.18. The normalized spacial score (nSPS) is 10.1. The Morgan fingerprint density at radius 2 is 2.19 bits per heavy atom. The Hall–Kier alpha value is -1.49. The van der Waals surface area contributed by atoms with Crippen LogP contribution >= 0.6 is 15.9 Å². The molecule has 0 aliphatic carbocycles. The molecule has 5 heteroatoms. The van der Waals surface area contributed by atoms with Gasteiger partial charge < -0.3 is 5.32 Å². The van der Waals surface area contributed by atoms with E-state index in [-0.39, 0.29) is 5.82 Å². The van der Waals surface area contributed by atoms with Crippen molar-refractivity contribution in [2.45, 2.75) is 6.54 Å². The van der Waals surface area contributed by atoms with E-state index in [1.165, 1.54) is 12.4 Å². The minimum atomic E-state index is -0.271. The third-order valence-electron chi connectivity index (χ3n) is 2.04. The van der Waals surface area contributed by atoms with Crippen molar-refractivity contribution in [3.05, 3.63) is 52.8 Å². The van der Waals surface area contributed by atoms with Gasteiger partial charge in [0, 0.05) is 11.9 Å². The van der Waals surface area contributed by atoms with Gasteiger partial charge in [0.15, 0.2) is 0 Å². The number of benzene rings is 1. The summed E-state index contributed by atoms with van der Waals surface area (Å²) >= 11 is 3.13. The number of hydrogen-bond acceptors (Lipinski definition) is 3. The van der Waals surface area contributed by atoms with Gasteiger partial charge in [0.1, 0.15) is 12.1 Å². The van der Waals surface area contributed by atoms with Gasteiger partial charge in [0.05, 0.1) is 16.7 Å². The molecule has 0 amide bonds. The molecule has 82 valence electrons. The van der Waals surface area contributed by atoms with Crippen molar-refractivity contribution in [2.24, 2.45) is 0 Å². The van der Waals surface area contributed by atoms with Crippen LogP contribution in [0.5, 0.6) is 0 Å². The lowest BCUT2D eigenvalue weighted by atomic mass is 10.3. The minimum Gasteiger partial charge on any atom is -0.379 e. The fourth-order valence-electron chi connectivity index (χ4n) is 1.22. The number of nitrogens with one attached hydrogen (secondary N) is 1. The zero-order chi connectivity index (χ0) is 11.4. The van der Waals surface area contributed by atoms with Gasteiger partial charge in [-0.25, -0.2) is 14.4 Å². The van der Waals surface area contributed by atoms with E-state index in [1.807, 2.05) is 6.07 Å². The molecule has 2 rings (SSSR count). The first-order chi connectivity index (χ1) is 7.75. The van der Waals surface area contributed by atoms with Crippen molar-refractivity contribution in [1.29, 1.82) is 0 Å². The predicted molar refractivity (Wildman–Crippen MR) is 63.5 cm³/mol. The Bertz CT molecular complexity index is 476. The highest BCUT2D eigenvalue weighted by Gasteiger charge is 2.00. The van der Waals surface area contributed by atoms with Gasteiger partial charge in [-0.15, -0.1) is 0 Å². The Balaban J connectivity index is 2.03. The molecule has 0 fully saturated rings. The van der Waals surface area contributed by atoms with E-state index in [9.17, 15) is 4.39 Å². The Morgan fingerprint density at radius 3 is 2.88 bits per heavy atom. The maximum absolute atomic E-state index is 13.0. The first kappa shape index (κ1) is 11.0. The third kappa shape index (κ3) is 2.76. The van der Waals surface area contributed by atoms with Gasteiger partial charge >= 0.3 is 0 Å². The second-order valence-electron chi connectivity index (χ2n) is 3.18. The van der Waals surface area contributed by atoms with Crippen LogP contribution in [0, 0.1) is 5.82 Å². The molecule has 1 heterocycles. The average Bonchev–Trinajstić information content (AvgIpc) is 2.32. The van der Waals surface area contributed by atoms with Crippen LogP contribution in [0.3, 0.4) is 0 Å². The van der Waals surface area contributed by atoms with E-state index >= 15 is 0 Å². The van der Waals surface area contributed by atoms with Crippen LogP contribution in [-0.4, -0.2) is 9.97 Å². The molecule has 0 aliphatic heterocycles. The second kappa shape index (κ2) is 5.03. The third-order valence-corrected chi connectivity index (χ3v) is 2.64. The molecule has 0 saturated carbocycles. The van der Waals surface area contributed by atoms with E-state index in [0.29, 0.717) is 11.0 Å². The molecule has 0 radical (unpaired) electrons. The monoisotopic (exact) mass is 281 g/mol. The molecular weight excluding hydrogens is 273 g/mol. The quantitative estimate of drug-likeness (QED) is 0.940. The highest BCUT2D eigenvalue weighted by atomic mass is 79.9. The van der Waals surface area contributed by atoms with E-state index in [2.05, 4.69) is 31.2 Å². The van der Waals surface area contributed by atoms with Gasteiger partial charge in [-0.2, -0.15) is 0 Å². The van der Waals surface area contributed by atoms with Gasteiger partial charge in [-0.05, 0) is 40.2 Å². The summed E-state index contributed by atoms with van der Waals surface area (Å²) in [6.45, 7) is 0.584. The Labute approximate surface area is 101 Å². The number of anilines is 1. The van der Waals surface area contributed by atoms with Crippen LogP contribution in [0.4, 0.5) is 10.1 Å². The van der Waals surface area contributed by atoms with E-state index in [1.54, 1.807) is 18.3 Å². The van der Waals surface area contributed by atoms with Crippen LogP contribution in [0.15, 0.2) is 41.3 Å². The molecule has 1 aromatic heterocycles. The molecule has 1 N–H and O–H groups in total. The fraction of sp³-hybridized carbons (Fsp3) is 0.0909. The summed E-state index contributed by atoms with van der Waals surface area (Å²) in [4.78, 5) is 7.90. The first-order valence-electron chi connectivity index (χ1n) is 4.69. The number of aromatic nitrogens is 2. The molecular formula is C11H9BrFN3. The van der Waals surface area contributed by atoms with Crippen LogP contribution in [0.25, 0.3) is 0 Å². The summed E-state index contributed by atoms with van der Waals surface area (Å²) in [5.74, 6) is -0.271. The lowest BCUT2D eigenvalue weighted by molar-refractivity contribution is 0.621. The molecule has 2 aromatic rings. The van der Waals surface area contributed by atoms with Crippen LogP contribution in [0.2, 0.25) is 0 Å². The molecule has 0 aliphatic rings. The molecule has 16 heavy (non-hydrogen) atoms. The van der Waals surface area contributed by atoms with E-state index < -0.39 is 0 Å². The molecule has 0 spiro atoms. The van der Waals surface area contributed by atoms with Gasteiger partial charge in [0.25, 0.3) is 0 Å². The summed E-state index contributed by atoms with van der Waals surface area (Å²) in [5.41, 5.74) is 1.72. The summed E-state index contributed by atoms with van der Waals surface area (Å²) < 4.78 is 13.4. The number of hydrogen-bond donors (Lipinski definition) is 1. The van der Waals surface area contributed by atoms with Gasteiger partial charge in [-0.1, -0.05) is 0 Å². The smallest absolute Gasteiger partial charge is 0.137 e. The van der Waals surface area contributed by atoms with Crippen LogP contribution in [-0.2, 0) is 6.54 Å². The largest absolute Gasteiger partial charge is 0.379 e. The SMILES string of the molecule is Fc1ccc(NCc2ccncn2)cc1Br. The zero-order valence-corrected chi connectivity index (χ0v) is 9.91. The predicted octanol–water partition coefficient (Wildman–Crippen LogP) is 2.99. The van der Waals surface area contributed by atoms with Gasteiger partial charge in [0.2, 0.25) is 0 Å².